The number of methoxy groups -OCH3 is 2. The lowest BCUT2D eigenvalue weighted by Crippen LogP contribution is -2.42. The van der Waals surface area contributed by atoms with Gasteiger partial charge in [-0.25, -0.2) is 4.79 Å². The Morgan fingerprint density at radius 2 is 2.08 bits per heavy atom. The van der Waals surface area contributed by atoms with Crippen molar-refractivity contribution < 1.29 is 19.1 Å². The summed E-state index contributed by atoms with van der Waals surface area (Å²) in [6.07, 6.45) is 0. The maximum atomic E-state index is 12.7. The summed E-state index contributed by atoms with van der Waals surface area (Å²) in [7, 11) is 4.95. The average Bonchev–Trinajstić information content (AvgIpc) is 2.93. The molecule has 8 heteroatoms. The lowest BCUT2D eigenvalue weighted by atomic mass is 10.1. The van der Waals surface area contributed by atoms with Gasteiger partial charge in [-0.3, -0.25) is 4.79 Å². The van der Waals surface area contributed by atoms with Gasteiger partial charge in [0.25, 0.3) is 0 Å². The van der Waals surface area contributed by atoms with Crippen LogP contribution in [0.2, 0.25) is 0 Å². The Labute approximate surface area is 159 Å². The molecular formula is C18H27N3O4S. The second-order valence-corrected chi connectivity index (χ2v) is 7.45. The highest BCUT2D eigenvalue weighted by Gasteiger charge is 2.39. The van der Waals surface area contributed by atoms with Crippen molar-refractivity contribution in [3.63, 3.8) is 0 Å². The molecule has 1 aliphatic rings. The number of nitrogens with one attached hydrogen (secondary N) is 1. The molecule has 2 rings (SSSR count). The number of hydrogen-bond acceptors (Lipinski definition) is 5. The maximum Gasteiger partial charge on any atom is 0.317 e. The maximum absolute atomic E-state index is 12.7. The zero-order valence-corrected chi connectivity index (χ0v) is 16.8. The zero-order valence-electron chi connectivity index (χ0n) is 15.9. The predicted octanol–water partition coefficient (Wildman–Crippen LogP) is 2.33. The first kappa shape index (κ1) is 20.2. The molecule has 0 bridgehead atoms. The molecule has 0 aromatic heterocycles. The van der Waals surface area contributed by atoms with Gasteiger partial charge in [0.05, 0.1) is 19.5 Å². The number of urea groups is 1. The molecule has 2 atom stereocenters. The Hall–Kier alpha value is -2.09. The molecule has 1 aliphatic heterocycles. The van der Waals surface area contributed by atoms with Crippen LogP contribution in [-0.4, -0.2) is 67.9 Å². The Morgan fingerprint density at radius 3 is 2.69 bits per heavy atom. The van der Waals surface area contributed by atoms with Crippen molar-refractivity contribution in [3.05, 3.63) is 23.8 Å². The molecule has 26 heavy (non-hydrogen) atoms. The van der Waals surface area contributed by atoms with E-state index in [1.807, 2.05) is 36.9 Å². The number of carbonyl (C=O) groups is 2. The second kappa shape index (κ2) is 9.02. The minimum Gasteiger partial charge on any atom is -0.497 e. The van der Waals surface area contributed by atoms with Gasteiger partial charge in [0, 0.05) is 32.2 Å². The molecule has 1 aromatic carbocycles. The van der Waals surface area contributed by atoms with Crippen LogP contribution >= 0.6 is 11.8 Å². The van der Waals surface area contributed by atoms with Crippen molar-refractivity contribution in [2.45, 2.75) is 24.5 Å². The van der Waals surface area contributed by atoms with E-state index >= 15 is 0 Å². The van der Waals surface area contributed by atoms with Crippen molar-refractivity contribution in [2.75, 3.05) is 40.9 Å². The summed E-state index contributed by atoms with van der Waals surface area (Å²) in [4.78, 5) is 28.0. The lowest BCUT2D eigenvalue weighted by molar-refractivity contribution is -0.129. The van der Waals surface area contributed by atoms with Gasteiger partial charge in [-0.05, 0) is 32.0 Å². The fourth-order valence-electron chi connectivity index (χ4n) is 2.82. The normalized spacial score (nSPS) is 19.4. The van der Waals surface area contributed by atoms with E-state index in [9.17, 15) is 9.59 Å². The molecule has 0 aliphatic carbocycles. The van der Waals surface area contributed by atoms with Crippen molar-refractivity contribution >= 4 is 23.7 Å². The number of ether oxygens (including phenoxy) is 2. The van der Waals surface area contributed by atoms with E-state index in [2.05, 4.69) is 5.32 Å². The molecule has 1 aromatic rings. The summed E-state index contributed by atoms with van der Waals surface area (Å²) in [6, 6.07) is 5.44. The first-order chi connectivity index (χ1) is 12.4. The minimum absolute atomic E-state index is 0.0640. The van der Waals surface area contributed by atoms with Crippen LogP contribution in [0.5, 0.6) is 11.5 Å². The van der Waals surface area contributed by atoms with Crippen molar-refractivity contribution in [1.82, 2.24) is 15.1 Å². The molecular weight excluding hydrogens is 354 g/mol. The number of benzene rings is 1. The second-order valence-electron chi connectivity index (χ2n) is 6.03. The van der Waals surface area contributed by atoms with E-state index in [4.69, 9.17) is 9.47 Å². The number of amides is 3. The molecule has 1 N–H and O–H groups in total. The molecule has 1 saturated heterocycles. The van der Waals surface area contributed by atoms with Gasteiger partial charge in [-0.1, -0.05) is 0 Å². The summed E-state index contributed by atoms with van der Waals surface area (Å²) in [5.41, 5.74) is 0.898. The molecule has 0 radical (unpaired) electrons. The van der Waals surface area contributed by atoms with E-state index in [0.29, 0.717) is 31.1 Å². The number of rotatable bonds is 7. The van der Waals surface area contributed by atoms with Crippen LogP contribution in [0, 0.1) is 0 Å². The number of nitrogens with zero attached hydrogens (tertiary/aromatic N) is 2. The molecule has 1 heterocycles. The van der Waals surface area contributed by atoms with Crippen LogP contribution in [0.3, 0.4) is 0 Å². The van der Waals surface area contributed by atoms with Crippen molar-refractivity contribution in [1.29, 1.82) is 0 Å². The van der Waals surface area contributed by atoms with Gasteiger partial charge in [0.1, 0.15) is 16.9 Å². The molecule has 0 saturated carbocycles. The van der Waals surface area contributed by atoms with E-state index in [-0.39, 0.29) is 22.6 Å². The SMILES string of the molecule is CCNC(=O)N(C)CCN1C(=O)C(C)SC1c1cc(OC)ccc1OC. The summed E-state index contributed by atoms with van der Waals surface area (Å²) < 4.78 is 10.8. The van der Waals surface area contributed by atoms with E-state index in [0.717, 1.165) is 5.56 Å². The smallest absolute Gasteiger partial charge is 0.317 e. The van der Waals surface area contributed by atoms with Gasteiger partial charge < -0.3 is 24.6 Å². The summed E-state index contributed by atoms with van der Waals surface area (Å²) in [6.45, 7) is 5.25. The summed E-state index contributed by atoms with van der Waals surface area (Å²) in [5, 5.41) is 2.44. The lowest BCUT2D eigenvalue weighted by Gasteiger charge is -2.28. The van der Waals surface area contributed by atoms with Crippen LogP contribution in [0.1, 0.15) is 24.8 Å². The molecule has 0 spiro atoms. The van der Waals surface area contributed by atoms with Crippen LogP contribution in [0.15, 0.2) is 18.2 Å². The van der Waals surface area contributed by atoms with Gasteiger partial charge in [-0.2, -0.15) is 0 Å². The monoisotopic (exact) mass is 381 g/mol. The topological polar surface area (TPSA) is 71.1 Å². The van der Waals surface area contributed by atoms with Crippen molar-refractivity contribution in [3.8, 4) is 11.5 Å². The van der Waals surface area contributed by atoms with Crippen LogP contribution < -0.4 is 14.8 Å². The predicted molar refractivity (Wildman–Crippen MR) is 103 cm³/mol. The Kier molecular flexibility index (Phi) is 7.02. The first-order valence-electron chi connectivity index (χ1n) is 8.59. The number of likely N-dealkylation sites (N-methyl/N-ethyl adjacent to an activating group) is 1. The average molecular weight is 381 g/mol. The number of carbonyl (C=O) groups excluding carboxylic acids is 2. The highest BCUT2D eigenvalue weighted by molar-refractivity contribution is 8.01. The molecule has 1 fully saturated rings. The summed E-state index contributed by atoms with van der Waals surface area (Å²) >= 11 is 1.58. The minimum atomic E-state index is -0.176. The Bertz CT molecular complexity index is 655. The fourth-order valence-corrected chi connectivity index (χ4v) is 4.15. The Morgan fingerprint density at radius 1 is 1.35 bits per heavy atom. The fraction of sp³-hybridized carbons (Fsp3) is 0.556. The van der Waals surface area contributed by atoms with Gasteiger partial charge in [-0.15, -0.1) is 11.8 Å². The zero-order chi connectivity index (χ0) is 19.3. The molecule has 7 nitrogen and oxygen atoms in total. The molecule has 144 valence electrons. The van der Waals surface area contributed by atoms with E-state index < -0.39 is 0 Å². The largest absolute Gasteiger partial charge is 0.497 e. The highest BCUT2D eigenvalue weighted by Crippen LogP contribution is 2.46. The third-order valence-electron chi connectivity index (χ3n) is 4.30. The van der Waals surface area contributed by atoms with Gasteiger partial charge >= 0.3 is 6.03 Å². The molecule has 3 amide bonds. The highest BCUT2D eigenvalue weighted by atomic mass is 32.2. The third kappa shape index (κ3) is 4.35. The quantitative estimate of drug-likeness (QED) is 0.785. The van der Waals surface area contributed by atoms with Crippen molar-refractivity contribution in [2.24, 2.45) is 0 Å². The number of thioether (sulfide) groups is 1. The van der Waals surface area contributed by atoms with Gasteiger partial charge in [0.2, 0.25) is 5.91 Å². The third-order valence-corrected chi connectivity index (χ3v) is 5.68. The summed E-state index contributed by atoms with van der Waals surface area (Å²) in [5.74, 6) is 1.49. The van der Waals surface area contributed by atoms with E-state index in [1.54, 1.807) is 37.9 Å². The Balaban J connectivity index is 2.21. The van der Waals surface area contributed by atoms with E-state index in [1.165, 1.54) is 0 Å². The number of hydrogen-bond donors (Lipinski definition) is 1. The van der Waals surface area contributed by atoms with Crippen LogP contribution in [-0.2, 0) is 4.79 Å². The molecule has 2 unspecified atom stereocenters. The van der Waals surface area contributed by atoms with Gasteiger partial charge in [0.15, 0.2) is 0 Å². The van der Waals surface area contributed by atoms with Crippen LogP contribution in [0.25, 0.3) is 0 Å². The van der Waals surface area contributed by atoms with Crippen LogP contribution in [0.4, 0.5) is 4.79 Å². The standard InChI is InChI=1S/C18H27N3O4S/c1-6-19-18(23)20(3)9-10-21-16(22)12(2)26-17(21)14-11-13(24-4)7-8-15(14)25-5/h7-8,11-12,17H,6,9-10H2,1-5H3,(H,19,23). The first-order valence-corrected chi connectivity index (χ1v) is 9.54.